The number of aliphatic hydroxyl groups excluding tert-OH is 1. The minimum absolute atomic E-state index is 0.00650. The number of aliphatic hydroxyl groups is 1. The number of nitrogens with one attached hydrogen (secondary N) is 1. The standard InChI is InChI=1S/C30H40N2O6/c1-21-26(19-32-16-3-2-4-17-32)37-30(38-29(21)24-12-10-23(20-33)11-13-24)25-14-8-22(9-15-25)18-31-27(34)6-5-7-28(35)36/h8-15,21,26,29-30,33H,2-7,16-20H2,1H3,(H,31,34)(H,35,36). The summed E-state index contributed by atoms with van der Waals surface area (Å²) < 4.78 is 13.1. The van der Waals surface area contributed by atoms with Crippen LogP contribution in [0.3, 0.4) is 0 Å². The second-order valence-electron chi connectivity index (χ2n) is 10.4. The number of carboxylic acid groups (broad SMARTS) is 1. The third-order valence-electron chi connectivity index (χ3n) is 7.55. The van der Waals surface area contributed by atoms with Gasteiger partial charge in [0.1, 0.15) is 0 Å². The third-order valence-corrected chi connectivity index (χ3v) is 7.55. The maximum atomic E-state index is 12.0. The van der Waals surface area contributed by atoms with Crippen LogP contribution in [0.5, 0.6) is 0 Å². The van der Waals surface area contributed by atoms with Crippen molar-refractivity contribution in [2.75, 3.05) is 19.6 Å². The molecule has 4 rings (SSSR count). The molecule has 38 heavy (non-hydrogen) atoms. The van der Waals surface area contributed by atoms with E-state index in [9.17, 15) is 14.7 Å². The van der Waals surface area contributed by atoms with E-state index in [1.165, 1.54) is 19.3 Å². The number of benzene rings is 2. The van der Waals surface area contributed by atoms with Gasteiger partial charge in [-0.1, -0.05) is 61.9 Å². The van der Waals surface area contributed by atoms with Crippen LogP contribution in [-0.4, -0.2) is 52.7 Å². The van der Waals surface area contributed by atoms with Gasteiger partial charge in [-0.05, 0) is 49.0 Å². The Labute approximate surface area is 224 Å². The van der Waals surface area contributed by atoms with Crippen LogP contribution in [0.1, 0.15) is 80.1 Å². The molecule has 8 nitrogen and oxygen atoms in total. The van der Waals surface area contributed by atoms with E-state index in [2.05, 4.69) is 17.1 Å². The van der Waals surface area contributed by atoms with Crippen molar-refractivity contribution in [1.82, 2.24) is 10.2 Å². The molecule has 2 aliphatic rings. The molecule has 2 aliphatic heterocycles. The van der Waals surface area contributed by atoms with Crippen LogP contribution in [0.15, 0.2) is 48.5 Å². The molecule has 2 saturated heterocycles. The van der Waals surface area contributed by atoms with Gasteiger partial charge in [0.05, 0.1) is 18.8 Å². The average Bonchev–Trinajstić information content (AvgIpc) is 2.94. The number of amides is 1. The fourth-order valence-corrected chi connectivity index (χ4v) is 5.21. The number of carboxylic acids is 1. The molecular weight excluding hydrogens is 484 g/mol. The Hall–Kier alpha value is -2.78. The van der Waals surface area contributed by atoms with Crippen molar-refractivity contribution in [3.63, 3.8) is 0 Å². The zero-order valence-electron chi connectivity index (χ0n) is 22.2. The van der Waals surface area contributed by atoms with Gasteiger partial charge in [0.15, 0.2) is 6.29 Å². The lowest BCUT2D eigenvalue weighted by atomic mass is 9.89. The zero-order valence-corrected chi connectivity index (χ0v) is 22.2. The van der Waals surface area contributed by atoms with Crippen LogP contribution in [0, 0.1) is 5.92 Å². The molecule has 0 spiro atoms. The molecule has 0 aromatic heterocycles. The number of carbonyl (C=O) groups is 2. The molecule has 2 fully saturated rings. The number of hydrogen-bond donors (Lipinski definition) is 3. The van der Waals surface area contributed by atoms with E-state index >= 15 is 0 Å². The lowest BCUT2D eigenvalue weighted by Crippen LogP contribution is -2.45. The van der Waals surface area contributed by atoms with E-state index < -0.39 is 12.3 Å². The molecule has 0 bridgehead atoms. The molecule has 8 heteroatoms. The Morgan fingerprint density at radius 3 is 2.24 bits per heavy atom. The second-order valence-corrected chi connectivity index (χ2v) is 10.4. The highest BCUT2D eigenvalue weighted by Gasteiger charge is 2.39. The molecule has 2 heterocycles. The summed E-state index contributed by atoms with van der Waals surface area (Å²) in [7, 11) is 0. The number of aliphatic carboxylic acids is 1. The van der Waals surface area contributed by atoms with Gasteiger partial charge < -0.3 is 29.9 Å². The lowest BCUT2D eigenvalue weighted by Gasteiger charge is -2.43. The van der Waals surface area contributed by atoms with Crippen molar-refractivity contribution in [2.24, 2.45) is 5.92 Å². The Bertz CT molecular complexity index is 1040. The number of rotatable bonds is 11. The zero-order chi connectivity index (χ0) is 26.9. The van der Waals surface area contributed by atoms with Crippen molar-refractivity contribution in [1.29, 1.82) is 0 Å². The molecule has 206 valence electrons. The smallest absolute Gasteiger partial charge is 0.303 e. The summed E-state index contributed by atoms with van der Waals surface area (Å²) in [6.45, 7) is 5.66. The van der Waals surface area contributed by atoms with Gasteiger partial charge in [0.25, 0.3) is 0 Å². The summed E-state index contributed by atoms with van der Waals surface area (Å²) in [5.74, 6) is -0.889. The molecule has 2 aromatic rings. The minimum atomic E-state index is -0.891. The fourth-order valence-electron chi connectivity index (χ4n) is 5.21. The molecule has 2 aromatic carbocycles. The summed E-state index contributed by atoms with van der Waals surface area (Å²) in [6.07, 6.45) is 3.63. The summed E-state index contributed by atoms with van der Waals surface area (Å²) in [5, 5.41) is 21.0. The summed E-state index contributed by atoms with van der Waals surface area (Å²) in [4.78, 5) is 25.1. The quantitative estimate of drug-likeness (QED) is 0.402. The summed E-state index contributed by atoms with van der Waals surface area (Å²) in [6, 6.07) is 15.8. The molecule has 4 atom stereocenters. The number of piperidine rings is 1. The van der Waals surface area contributed by atoms with Gasteiger partial charge in [0, 0.05) is 37.4 Å². The average molecular weight is 525 g/mol. The van der Waals surface area contributed by atoms with Crippen molar-refractivity contribution < 1.29 is 29.3 Å². The number of likely N-dealkylation sites (tertiary alicyclic amines) is 1. The van der Waals surface area contributed by atoms with Crippen LogP contribution < -0.4 is 5.32 Å². The predicted octanol–water partition coefficient (Wildman–Crippen LogP) is 4.33. The minimum Gasteiger partial charge on any atom is -0.481 e. The number of ether oxygens (including phenoxy) is 2. The molecule has 3 N–H and O–H groups in total. The molecule has 0 aliphatic carbocycles. The lowest BCUT2D eigenvalue weighted by molar-refractivity contribution is -0.276. The topological polar surface area (TPSA) is 108 Å². The summed E-state index contributed by atoms with van der Waals surface area (Å²) >= 11 is 0. The van der Waals surface area contributed by atoms with Gasteiger partial charge in [-0.2, -0.15) is 0 Å². The first-order valence-electron chi connectivity index (χ1n) is 13.7. The van der Waals surface area contributed by atoms with E-state index in [0.29, 0.717) is 13.0 Å². The first-order valence-corrected chi connectivity index (χ1v) is 13.7. The number of carbonyl (C=O) groups excluding carboxylic acids is 1. The van der Waals surface area contributed by atoms with Crippen LogP contribution >= 0.6 is 0 Å². The van der Waals surface area contributed by atoms with Crippen molar-refractivity contribution in [2.45, 2.75) is 77.1 Å². The fraction of sp³-hybridized carbons (Fsp3) is 0.533. The van der Waals surface area contributed by atoms with Crippen LogP contribution in [0.25, 0.3) is 0 Å². The van der Waals surface area contributed by atoms with E-state index in [4.69, 9.17) is 14.6 Å². The molecule has 0 radical (unpaired) electrons. The third kappa shape index (κ3) is 7.86. The van der Waals surface area contributed by atoms with E-state index in [1.807, 2.05) is 48.5 Å². The van der Waals surface area contributed by atoms with Crippen molar-refractivity contribution >= 4 is 11.9 Å². The normalized spacial score (nSPS) is 24.2. The van der Waals surface area contributed by atoms with Gasteiger partial charge in [-0.15, -0.1) is 0 Å². The highest BCUT2D eigenvalue weighted by atomic mass is 16.7. The first kappa shape index (κ1) is 28.2. The van der Waals surface area contributed by atoms with Crippen molar-refractivity contribution in [3.05, 3.63) is 70.8 Å². The Morgan fingerprint density at radius 1 is 0.921 bits per heavy atom. The Balaban J connectivity index is 1.43. The second kappa shape index (κ2) is 13.8. The monoisotopic (exact) mass is 524 g/mol. The van der Waals surface area contributed by atoms with Gasteiger partial charge in [-0.3, -0.25) is 9.59 Å². The van der Waals surface area contributed by atoms with Crippen molar-refractivity contribution in [3.8, 4) is 0 Å². The maximum absolute atomic E-state index is 12.0. The number of nitrogens with zero attached hydrogens (tertiary/aromatic N) is 1. The molecule has 0 saturated carbocycles. The molecular formula is C30H40N2O6. The molecule has 4 unspecified atom stereocenters. The highest BCUT2D eigenvalue weighted by Crippen LogP contribution is 2.42. The summed E-state index contributed by atoms with van der Waals surface area (Å²) in [5.41, 5.74) is 3.83. The highest BCUT2D eigenvalue weighted by molar-refractivity contribution is 5.76. The van der Waals surface area contributed by atoms with Crippen LogP contribution in [0.4, 0.5) is 0 Å². The SMILES string of the molecule is CC1C(CN2CCCCC2)OC(c2ccc(CNC(=O)CCCC(=O)O)cc2)OC1c1ccc(CO)cc1. The Morgan fingerprint density at radius 2 is 1.58 bits per heavy atom. The van der Waals surface area contributed by atoms with Gasteiger partial charge in [0.2, 0.25) is 5.91 Å². The van der Waals surface area contributed by atoms with Gasteiger partial charge >= 0.3 is 5.97 Å². The maximum Gasteiger partial charge on any atom is 0.303 e. The first-order chi connectivity index (χ1) is 18.4. The van der Waals surface area contributed by atoms with Crippen LogP contribution in [0.2, 0.25) is 0 Å². The van der Waals surface area contributed by atoms with E-state index in [-0.39, 0.29) is 43.5 Å². The van der Waals surface area contributed by atoms with E-state index in [0.717, 1.165) is 41.9 Å². The predicted molar refractivity (Wildman–Crippen MR) is 143 cm³/mol. The van der Waals surface area contributed by atoms with Gasteiger partial charge in [-0.25, -0.2) is 0 Å². The van der Waals surface area contributed by atoms with E-state index in [1.54, 1.807) is 0 Å². The largest absolute Gasteiger partial charge is 0.481 e. The molecule has 1 amide bonds. The van der Waals surface area contributed by atoms with Crippen LogP contribution in [-0.2, 0) is 32.2 Å². The number of hydrogen-bond acceptors (Lipinski definition) is 6. The Kier molecular flexibility index (Phi) is 10.3.